The van der Waals surface area contributed by atoms with Gasteiger partial charge in [0, 0.05) is 12.2 Å². The monoisotopic (exact) mass is 271 g/mol. The van der Waals surface area contributed by atoms with E-state index in [1.54, 1.807) is 0 Å². The minimum Gasteiger partial charge on any atom is -0.330 e. The van der Waals surface area contributed by atoms with Crippen molar-refractivity contribution in [1.29, 1.82) is 0 Å². The smallest absolute Gasteiger partial charge is 0.0951 e. The van der Waals surface area contributed by atoms with Gasteiger partial charge in [0.25, 0.3) is 0 Å². The number of nitrogens with zero attached hydrogens (tertiary/aromatic N) is 2. The number of imidazole rings is 1. The molecule has 0 radical (unpaired) electrons. The van der Waals surface area contributed by atoms with Gasteiger partial charge in [-0.3, -0.25) is 0 Å². The zero-order valence-corrected chi connectivity index (χ0v) is 12.7. The molecule has 1 aromatic heterocycles. The van der Waals surface area contributed by atoms with E-state index in [2.05, 4.69) is 54.6 Å². The van der Waals surface area contributed by atoms with Gasteiger partial charge in [0.2, 0.25) is 0 Å². The summed E-state index contributed by atoms with van der Waals surface area (Å²) in [6, 6.07) is 10.8. The first kappa shape index (κ1) is 14.8. The van der Waals surface area contributed by atoms with Crippen molar-refractivity contribution in [2.24, 2.45) is 11.7 Å². The van der Waals surface area contributed by atoms with E-state index in [4.69, 9.17) is 5.73 Å². The normalized spacial score (nSPS) is 15.8. The first-order valence-corrected chi connectivity index (χ1v) is 7.44. The molecule has 0 saturated heterocycles. The maximum atomic E-state index is 6.39. The Balaban J connectivity index is 2.15. The Morgan fingerprint density at radius 2 is 1.90 bits per heavy atom. The summed E-state index contributed by atoms with van der Waals surface area (Å²) in [5.74, 6) is 0.617. The third kappa shape index (κ3) is 3.28. The van der Waals surface area contributed by atoms with Crippen molar-refractivity contribution in [3.8, 4) is 0 Å². The lowest BCUT2D eigenvalue weighted by Gasteiger charge is -2.24. The van der Waals surface area contributed by atoms with Crippen LogP contribution in [-0.2, 0) is 6.42 Å². The van der Waals surface area contributed by atoms with E-state index >= 15 is 0 Å². The molecule has 2 N–H and O–H groups in total. The molecule has 108 valence electrons. The molecule has 2 unspecified atom stereocenters. The molecule has 3 atom stereocenters. The van der Waals surface area contributed by atoms with Gasteiger partial charge in [-0.05, 0) is 24.8 Å². The summed E-state index contributed by atoms with van der Waals surface area (Å²) in [4.78, 5) is 4.31. The molecule has 0 aliphatic rings. The molecule has 0 aliphatic carbocycles. The number of benzene rings is 1. The van der Waals surface area contributed by atoms with Crippen LogP contribution in [0.5, 0.6) is 0 Å². The molecule has 0 saturated carbocycles. The Bertz CT molecular complexity index is 518. The maximum absolute atomic E-state index is 6.39. The predicted molar refractivity (Wildman–Crippen MR) is 83.5 cm³/mol. The lowest BCUT2D eigenvalue weighted by atomic mass is 9.99. The fraction of sp³-hybridized carbons (Fsp3) is 0.471. The molecule has 0 amide bonds. The van der Waals surface area contributed by atoms with E-state index in [1.165, 1.54) is 5.56 Å². The summed E-state index contributed by atoms with van der Waals surface area (Å²) in [5.41, 5.74) is 8.78. The van der Waals surface area contributed by atoms with Gasteiger partial charge in [0.05, 0.1) is 18.1 Å². The molecule has 3 heteroatoms. The zero-order valence-electron chi connectivity index (χ0n) is 12.7. The van der Waals surface area contributed by atoms with Crippen LogP contribution in [0, 0.1) is 5.92 Å². The van der Waals surface area contributed by atoms with E-state index < -0.39 is 0 Å². The lowest BCUT2D eigenvalue weighted by Crippen LogP contribution is -2.22. The number of nitrogens with two attached hydrogens (primary N) is 1. The van der Waals surface area contributed by atoms with Gasteiger partial charge in [-0.2, -0.15) is 0 Å². The van der Waals surface area contributed by atoms with E-state index in [0.29, 0.717) is 12.0 Å². The molecular weight excluding hydrogens is 246 g/mol. The SMILES string of the molecule is CCC(C)C(C)n1cncc1[C@H](N)Cc1ccccc1. The van der Waals surface area contributed by atoms with Crippen molar-refractivity contribution in [2.45, 2.75) is 45.7 Å². The quantitative estimate of drug-likeness (QED) is 0.870. The molecule has 20 heavy (non-hydrogen) atoms. The highest BCUT2D eigenvalue weighted by molar-refractivity contribution is 5.18. The molecule has 1 heterocycles. The van der Waals surface area contributed by atoms with Crippen molar-refractivity contribution < 1.29 is 0 Å². The summed E-state index contributed by atoms with van der Waals surface area (Å²) in [6.45, 7) is 6.74. The summed E-state index contributed by atoms with van der Waals surface area (Å²) >= 11 is 0. The summed E-state index contributed by atoms with van der Waals surface area (Å²) in [6.07, 6.45) is 5.83. The summed E-state index contributed by atoms with van der Waals surface area (Å²) in [5, 5.41) is 0. The van der Waals surface area contributed by atoms with Gasteiger partial charge in [0.1, 0.15) is 0 Å². The van der Waals surface area contributed by atoms with Crippen LogP contribution in [0.25, 0.3) is 0 Å². The summed E-state index contributed by atoms with van der Waals surface area (Å²) < 4.78 is 2.24. The van der Waals surface area contributed by atoms with Crippen LogP contribution in [0.2, 0.25) is 0 Å². The van der Waals surface area contributed by atoms with Gasteiger partial charge < -0.3 is 10.3 Å². The molecular formula is C17H25N3. The first-order valence-electron chi connectivity index (χ1n) is 7.44. The number of rotatable bonds is 6. The van der Waals surface area contributed by atoms with Crippen LogP contribution >= 0.6 is 0 Å². The van der Waals surface area contributed by atoms with Crippen LogP contribution in [0.3, 0.4) is 0 Å². The molecule has 2 rings (SSSR count). The standard InChI is InChI=1S/C17H25N3/c1-4-13(2)14(3)20-12-19-11-17(20)16(18)10-15-8-6-5-7-9-15/h5-9,11-14,16H,4,10,18H2,1-3H3/t13?,14?,16-/m1/s1. The number of aromatic nitrogens is 2. The van der Waals surface area contributed by atoms with E-state index in [0.717, 1.165) is 18.5 Å². The predicted octanol–water partition coefficient (Wildman–Crippen LogP) is 3.73. The second kappa shape index (κ2) is 6.71. The highest BCUT2D eigenvalue weighted by Gasteiger charge is 2.18. The third-order valence-electron chi connectivity index (χ3n) is 4.28. The highest BCUT2D eigenvalue weighted by Crippen LogP contribution is 2.25. The van der Waals surface area contributed by atoms with Crippen LogP contribution in [0.15, 0.2) is 42.9 Å². The molecule has 1 aromatic carbocycles. The van der Waals surface area contributed by atoms with Crippen molar-refractivity contribution in [3.63, 3.8) is 0 Å². The Morgan fingerprint density at radius 1 is 1.20 bits per heavy atom. The van der Waals surface area contributed by atoms with Crippen LogP contribution in [-0.4, -0.2) is 9.55 Å². The molecule has 0 bridgehead atoms. The average Bonchev–Trinajstić information content (AvgIpc) is 2.96. The van der Waals surface area contributed by atoms with Gasteiger partial charge in [-0.1, -0.05) is 50.6 Å². The van der Waals surface area contributed by atoms with Crippen LogP contribution < -0.4 is 5.73 Å². The van der Waals surface area contributed by atoms with Crippen molar-refractivity contribution in [1.82, 2.24) is 9.55 Å². The fourth-order valence-corrected chi connectivity index (χ4v) is 2.53. The minimum absolute atomic E-state index is 0.00796. The molecule has 0 aliphatic heterocycles. The van der Waals surface area contributed by atoms with Crippen molar-refractivity contribution in [3.05, 3.63) is 54.1 Å². The van der Waals surface area contributed by atoms with Gasteiger partial charge in [-0.15, -0.1) is 0 Å². The second-order valence-corrected chi connectivity index (χ2v) is 5.65. The highest BCUT2D eigenvalue weighted by atomic mass is 15.1. The second-order valence-electron chi connectivity index (χ2n) is 5.65. The lowest BCUT2D eigenvalue weighted by molar-refractivity contribution is 0.357. The van der Waals surface area contributed by atoms with Crippen LogP contribution in [0.4, 0.5) is 0 Å². The number of hydrogen-bond donors (Lipinski definition) is 1. The Kier molecular flexibility index (Phi) is 4.96. The average molecular weight is 271 g/mol. The Labute approximate surface area is 121 Å². The minimum atomic E-state index is -0.00796. The maximum Gasteiger partial charge on any atom is 0.0951 e. The van der Waals surface area contributed by atoms with Crippen molar-refractivity contribution in [2.75, 3.05) is 0 Å². The zero-order chi connectivity index (χ0) is 14.5. The van der Waals surface area contributed by atoms with Gasteiger partial charge >= 0.3 is 0 Å². The van der Waals surface area contributed by atoms with E-state index in [9.17, 15) is 0 Å². The first-order chi connectivity index (χ1) is 9.63. The van der Waals surface area contributed by atoms with Gasteiger partial charge in [0.15, 0.2) is 0 Å². The summed E-state index contributed by atoms with van der Waals surface area (Å²) in [7, 11) is 0. The fourth-order valence-electron chi connectivity index (χ4n) is 2.53. The molecule has 2 aromatic rings. The molecule has 3 nitrogen and oxygen atoms in total. The third-order valence-corrected chi connectivity index (χ3v) is 4.28. The van der Waals surface area contributed by atoms with E-state index in [-0.39, 0.29) is 6.04 Å². The van der Waals surface area contributed by atoms with Crippen molar-refractivity contribution >= 4 is 0 Å². The Hall–Kier alpha value is -1.61. The van der Waals surface area contributed by atoms with E-state index in [1.807, 2.05) is 18.6 Å². The van der Waals surface area contributed by atoms with Gasteiger partial charge in [-0.25, -0.2) is 4.98 Å². The Morgan fingerprint density at radius 3 is 2.55 bits per heavy atom. The largest absolute Gasteiger partial charge is 0.330 e. The molecule has 0 spiro atoms. The topological polar surface area (TPSA) is 43.8 Å². The van der Waals surface area contributed by atoms with Crippen LogP contribution in [0.1, 0.15) is 50.5 Å². The number of hydrogen-bond acceptors (Lipinski definition) is 2. The molecule has 0 fully saturated rings.